The highest BCUT2D eigenvalue weighted by Gasteiger charge is 2.47. The third kappa shape index (κ3) is 1.89. The molecule has 2 aliphatic rings. The fourth-order valence-corrected chi connectivity index (χ4v) is 3.15. The third-order valence-corrected chi connectivity index (χ3v) is 4.24. The fourth-order valence-electron chi connectivity index (χ4n) is 3.15. The number of nitrogens with one attached hydrogen (secondary N) is 1. The molecule has 4 nitrogen and oxygen atoms in total. The Labute approximate surface area is 104 Å². The van der Waals surface area contributed by atoms with E-state index in [0.29, 0.717) is 0 Å². The van der Waals surface area contributed by atoms with E-state index in [-0.39, 0.29) is 11.5 Å². The van der Waals surface area contributed by atoms with Gasteiger partial charge in [0, 0.05) is 17.2 Å². The minimum Gasteiger partial charge on any atom is -0.327 e. The second-order valence-electron chi connectivity index (χ2n) is 5.04. The number of nitrogens with two attached hydrogens (primary N) is 1. The molecule has 0 saturated carbocycles. The zero-order chi connectivity index (χ0) is 12.5. The van der Waals surface area contributed by atoms with Gasteiger partial charge in [-0.15, -0.1) is 0 Å². The summed E-state index contributed by atoms with van der Waals surface area (Å²) in [7, 11) is 2.18. The Kier molecular flexibility index (Phi) is 3.54. The molecule has 2 heterocycles. The van der Waals surface area contributed by atoms with E-state index in [1.165, 1.54) is 24.1 Å². The van der Waals surface area contributed by atoms with Gasteiger partial charge in [-0.1, -0.05) is 13.8 Å². The average Bonchev–Trinajstić information content (AvgIpc) is 2.89. The lowest BCUT2D eigenvalue weighted by Gasteiger charge is -2.40. The Balaban J connectivity index is 0.000000514. The molecule has 96 valence electrons. The first-order valence-corrected chi connectivity index (χ1v) is 6.69. The number of nitrogens with zero attached hydrogens (tertiary/aromatic N) is 2. The summed E-state index contributed by atoms with van der Waals surface area (Å²) in [4.78, 5) is 2.38. The van der Waals surface area contributed by atoms with Crippen LogP contribution < -0.4 is 5.73 Å². The highest BCUT2D eigenvalue weighted by Crippen LogP contribution is 2.44. The lowest BCUT2D eigenvalue weighted by molar-refractivity contribution is 0.168. The van der Waals surface area contributed by atoms with Crippen LogP contribution in [0.1, 0.15) is 37.9 Å². The van der Waals surface area contributed by atoms with E-state index < -0.39 is 0 Å². The highest BCUT2D eigenvalue weighted by molar-refractivity contribution is 5.36. The molecule has 3 rings (SSSR count). The minimum atomic E-state index is 0.193. The fraction of sp³-hybridized carbons (Fsp3) is 0.769. The molecule has 1 aliphatic heterocycles. The Morgan fingerprint density at radius 2 is 2.06 bits per heavy atom. The lowest BCUT2D eigenvalue weighted by atomic mass is 9.73. The standard InChI is InChI=1S/C11H18N4.C2H6/c1-15-4-2-11(3-5-15)9(12)6-8-7-13-14-10(8)11;1-2/h7,9H,2-6,12H2,1H3,(H,13,14);1-2H3. The van der Waals surface area contributed by atoms with Crippen LogP contribution in [0.25, 0.3) is 0 Å². The second kappa shape index (κ2) is 4.78. The van der Waals surface area contributed by atoms with Crippen molar-refractivity contribution in [3.63, 3.8) is 0 Å². The van der Waals surface area contributed by atoms with E-state index in [0.717, 1.165) is 19.5 Å². The SMILES string of the molecule is CC.CN1CCC2(CC1)c1[nH]ncc1CC2N. The normalized spacial score (nSPS) is 26.5. The number of piperidine rings is 1. The topological polar surface area (TPSA) is 57.9 Å². The Morgan fingerprint density at radius 1 is 1.41 bits per heavy atom. The molecule has 0 amide bonds. The van der Waals surface area contributed by atoms with Gasteiger partial charge < -0.3 is 10.6 Å². The Morgan fingerprint density at radius 3 is 2.71 bits per heavy atom. The molecule has 1 unspecified atom stereocenters. The number of likely N-dealkylation sites (tertiary alicyclic amines) is 1. The van der Waals surface area contributed by atoms with Crippen LogP contribution in [0.4, 0.5) is 0 Å². The van der Waals surface area contributed by atoms with Crippen molar-refractivity contribution in [2.45, 2.75) is 44.6 Å². The van der Waals surface area contributed by atoms with Crippen molar-refractivity contribution in [3.05, 3.63) is 17.5 Å². The van der Waals surface area contributed by atoms with Crippen molar-refractivity contribution in [2.75, 3.05) is 20.1 Å². The molecule has 1 aromatic rings. The summed E-state index contributed by atoms with van der Waals surface area (Å²) in [6.45, 7) is 6.29. The van der Waals surface area contributed by atoms with Crippen molar-refractivity contribution in [3.8, 4) is 0 Å². The molecule has 1 spiro atoms. The summed E-state index contributed by atoms with van der Waals surface area (Å²) in [6.07, 6.45) is 5.28. The summed E-state index contributed by atoms with van der Waals surface area (Å²) >= 11 is 0. The molecule has 1 aromatic heterocycles. The monoisotopic (exact) mass is 236 g/mol. The van der Waals surface area contributed by atoms with E-state index in [1.807, 2.05) is 20.0 Å². The first kappa shape index (κ1) is 12.6. The van der Waals surface area contributed by atoms with Crippen LogP contribution in [0.2, 0.25) is 0 Å². The molecule has 3 N–H and O–H groups in total. The van der Waals surface area contributed by atoms with Crippen molar-refractivity contribution < 1.29 is 0 Å². The van der Waals surface area contributed by atoms with Crippen molar-refractivity contribution in [1.82, 2.24) is 15.1 Å². The number of fused-ring (bicyclic) bond motifs is 2. The van der Waals surface area contributed by atoms with E-state index in [2.05, 4.69) is 22.1 Å². The van der Waals surface area contributed by atoms with Crippen molar-refractivity contribution in [2.24, 2.45) is 5.73 Å². The van der Waals surface area contributed by atoms with Gasteiger partial charge in [0.15, 0.2) is 0 Å². The zero-order valence-electron chi connectivity index (χ0n) is 11.2. The number of aromatic nitrogens is 2. The van der Waals surface area contributed by atoms with Crippen LogP contribution in [0, 0.1) is 0 Å². The van der Waals surface area contributed by atoms with Gasteiger partial charge in [-0.3, -0.25) is 5.10 Å². The maximum absolute atomic E-state index is 6.32. The number of rotatable bonds is 0. The zero-order valence-corrected chi connectivity index (χ0v) is 11.2. The molecule has 0 bridgehead atoms. The highest BCUT2D eigenvalue weighted by atomic mass is 15.1. The molecule has 1 atom stereocenters. The van der Waals surface area contributed by atoms with E-state index in [1.54, 1.807) is 0 Å². The Hall–Kier alpha value is -0.870. The van der Waals surface area contributed by atoms with Crippen molar-refractivity contribution in [1.29, 1.82) is 0 Å². The number of hydrogen-bond acceptors (Lipinski definition) is 3. The van der Waals surface area contributed by atoms with Gasteiger partial charge in [-0.25, -0.2) is 0 Å². The smallest absolute Gasteiger partial charge is 0.0522 e. The quantitative estimate of drug-likeness (QED) is 0.713. The largest absolute Gasteiger partial charge is 0.327 e. The third-order valence-electron chi connectivity index (χ3n) is 4.24. The van der Waals surface area contributed by atoms with Gasteiger partial charge >= 0.3 is 0 Å². The molecule has 1 aliphatic carbocycles. The van der Waals surface area contributed by atoms with Gasteiger partial charge in [0.05, 0.1) is 6.20 Å². The molecule has 0 radical (unpaired) electrons. The average molecular weight is 236 g/mol. The second-order valence-corrected chi connectivity index (χ2v) is 5.04. The van der Waals surface area contributed by atoms with Gasteiger partial charge in [-0.05, 0) is 45.0 Å². The van der Waals surface area contributed by atoms with E-state index in [9.17, 15) is 0 Å². The van der Waals surface area contributed by atoms with Crippen LogP contribution in [-0.4, -0.2) is 41.3 Å². The summed E-state index contributed by atoms with van der Waals surface area (Å²) in [6, 6.07) is 0.287. The summed E-state index contributed by atoms with van der Waals surface area (Å²) in [5.41, 5.74) is 9.17. The first-order chi connectivity index (χ1) is 8.22. The lowest BCUT2D eigenvalue weighted by Crippen LogP contribution is -2.50. The van der Waals surface area contributed by atoms with Gasteiger partial charge in [-0.2, -0.15) is 5.10 Å². The van der Waals surface area contributed by atoms with Gasteiger partial charge in [0.2, 0.25) is 0 Å². The predicted octanol–water partition coefficient (Wildman–Crippen LogP) is 1.28. The Bertz CT molecular complexity index is 363. The van der Waals surface area contributed by atoms with Gasteiger partial charge in [0.1, 0.15) is 0 Å². The minimum absolute atomic E-state index is 0.193. The van der Waals surface area contributed by atoms with E-state index in [4.69, 9.17) is 5.73 Å². The molecular weight excluding hydrogens is 212 g/mol. The molecule has 4 heteroatoms. The molecule has 1 saturated heterocycles. The summed E-state index contributed by atoms with van der Waals surface area (Å²) in [5.74, 6) is 0. The number of H-pyrrole nitrogens is 1. The maximum atomic E-state index is 6.32. The first-order valence-electron chi connectivity index (χ1n) is 6.69. The predicted molar refractivity (Wildman–Crippen MR) is 70.0 cm³/mol. The number of aromatic amines is 1. The molecule has 0 aromatic carbocycles. The van der Waals surface area contributed by atoms with Crippen LogP contribution in [-0.2, 0) is 11.8 Å². The molecule has 1 fully saturated rings. The van der Waals surface area contributed by atoms with Crippen LogP contribution in [0.5, 0.6) is 0 Å². The molecular formula is C13H24N4. The van der Waals surface area contributed by atoms with Crippen molar-refractivity contribution >= 4 is 0 Å². The van der Waals surface area contributed by atoms with Gasteiger partial charge in [0.25, 0.3) is 0 Å². The summed E-state index contributed by atoms with van der Waals surface area (Å²) < 4.78 is 0. The molecule has 17 heavy (non-hydrogen) atoms. The number of hydrogen-bond donors (Lipinski definition) is 2. The van der Waals surface area contributed by atoms with Crippen LogP contribution in [0.15, 0.2) is 6.20 Å². The maximum Gasteiger partial charge on any atom is 0.0522 e. The summed E-state index contributed by atoms with van der Waals surface area (Å²) in [5, 5.41) is 7.33. The van der Waals surface area contributed by atoms with Crippen LogP contribution in [0.3, 0.4) is 0 Å². The van der Waals surface area contributed by atoms with Crippen LogP contribution >= 0.6 is 0 Å². The van der Waals surface area contributed by atoms with E-state index >= 15 is 0 Å².